The Balaban J connectivity index is 0.00000392. The van der Waals surface area contributed by atoms with E-state index >= 15 is 0 Å². The Morgan fingerprint density at radius 3 is 2.61 bits per heavy atom. The van der Waals surface area contributed by atoms with Crippen molar-refractivity contribution in [2.24, 2.45) is 10.9 Å². The number of nitrogens with zero attached hydrogens (tertiary/aromatic N) is 2. The first kappa shape index (κ1) is 25.0. The van der Waals surface area contributed by atoms with E-state index in [0.717, 1.165) is 50.9 Å². The number of aliphatic imine (C=N–C) groups is 1. The molecule has 7 heteroatoms. The summed E-state index contributed by atoms with van der Waals surface area (Å²) in [6.45, 7) is 6.54. The molecule has 1 aliphatic rings. The van der Waals surface area contributed by atoms with Crippen LogP contribution >= 0.6 is 24.0 Å². The number of guanidine groups is 1. The molecule has 2 atom stereocenters. The van der Waals surface area contributed by atoms with Crippen LogP contribution in [0.4, 0.5) is 0 Å². The molecule has 0 aliphatic carbocycles. The fraction of sp³-hybridized carbons (Fsp3) is 0.667. The number of ether oxygens (including phenoxy) is 2. The molecule has 6 nitrogen and oxygen atoms in total. The van der Waals surface area contributed by atoms with E-state index < -0.39 is 0 Å². The molecule has 0 spiro atoms. The van der Waals surface area contributed by atoms with Crippen molar-refractivity contribution in [1.29, 1.82) is 0 Å². The number of hydrogen-bond donors (Lipinski definition) is 2. The fourth-order valence-corrected chi connectivity index (χ4v) is 3.75. The predicted molar refractivity (Wildman–Crippen MR) is 127 cm³/mol. The lowest BCUT2D eigenvalue weighted by Crippen LogP contribution is -2.40. The number of piperidine rings is 1. The number of halogens is 1. The molecule has 0 saturated carbocycles. The summed E-state index contributed by atoms with van der Waals surface area (Å²) in [7, 11) is 5.66. The van der Waals surface area contributed by atoms with Crippen molar-refractivity contribution in [2.45, 2.75) is 32.2 Å². The molecule has 0 amide bonds. The van der Waals surface area contributed by atoms with E-state index in [1.807, 2.05) is 0 Å². The molecular formula is C21H37IN4O2. The zero-order valence-corrected chi connectivity index (χ0v) is 20.1. The van der Waals surface area contributed by atoms with Crippen LogP contribution in [-0.2, 0) is 4.74 Å². The zero-order chi connectivity index (χ0) is 19.5. The fourth-order valence-electron chi connectivity index (χ4n) is 3.75. The number of benzene rings is 1. The van der Waals surface area contributed by atoms with Crippen LogP contribution in [0.15, 0.2) is 29.3 Å². The maximum atomic E-state index is 5.31. The summed E-state index contributed by atoms with van der Waals surface area (Å²) < 4.78 is 10.4. The van der Waals surface area contributed by atoms with E-state index in [-0.39, 0.29) is 24.0 Å². The minimum atomic E-state index is 0. The summed E-state index contributed by atoms with van der Waals surface area (Å²) in [4.78, 5) is 7.34. The van der Waals surface area contributed by atoms with Gasteiger partial charge in [0.15, 0.2) is 5.96 Å². The molecule has 0 aromatic heterocycles. The van der Waals surface area contributed by atoms with Crippen LogP contribution < -0.4 is 15.4 Å². The summed E-state index contributed by atoms with van der Waals surface area (Å²) in [6, 6.07) is 8.88. The maximum Gasteiger partial charge on any atom is 0.191 e. The third kappa shape index (κ3) is 7.75. The van der Waals surface area contributed by atoms with Crippen molar-refractivity contribution in [3.63, 3.8) is 0 Å². The average molecular weight is 504 g/mol. The predicted octanol–water partition coefficient (Wildman–Crippen LogP) is 3.29. The summed E-state index contributed by atoms with van der Waals surface area (Å²) in [5.41, 5.74) is 1.34. The van der Waals surface area contributed by atoms with Gasteiger partial charge in [0.2, 0.25) is 0 Å². The van der Waals surface area contributed by atoms with Gasteiger partial charge in [-0.15, -0.1) is 24.0 Å². The number of hydrogen-bond acceptors (Lipinski definition) is 4. The molecule has 0 bridgehead atoms. The molecule has 1 heterocycles. The first-order valence-corrected chi connectivity index (χ1v) is 10.0. The standard InChI is InChI=1S/C21H36N4O2.HI/c1-5-22-21(23-13-7-15-26-3)24-16-18-8-6-14-25(2)20(18)17-9-11-19(27-4)12-10-17;/h9-12,18,20H,5-8,13-16H2,1-4H3,(H2,22,23,24);1H. The molecule has 1 aromatic rings. The van der Waals surface area contributed by atoms with Gasteiger partial charge in [-0.1, -0.05) is 12.1 Å². The molecule has 2 unspecified atom stereocenters. The highest BCUT2D eigenvalue weighted by Crippen LogP contribution is 2.35. The Morgan fingerprint density at radius 2 is 1.96 bits per heavy atom. The monoisotopic (exact) mass is 504 g/mol. The second kappa shape index (κ2) is 14.0. The van der Waals surface area contributed by atoms with Gasteiger partial charge in [0, 0.05) is 39.4 Å². The second-order valence-corrected chi connectivity index (χ2v) is 7.09. The van der Waals surface area contributed by atoms with Crippen molar-refractivity contribution in [3.8, 4) is 5.75 Å². The van der Waals surface area contributed by atoms with Gasteiger partial charge in [0.25, 0.3) is 0 Å². The Labute approximate surface area is 187 Å². The van der Waals surface area contributed by atoms with Gasteiger partial charge in [-0.3, -0.25) is 9.89 Å². The molecule has 1 fully saturated rings. The van der Waals surface area contributed by atoms with Gasteiger partial charge < -0.3 is 20.1 Å². The molecule has 2 rings (SSSR count). The molecule has 0 radical (unpaired) electrons. The highest BCUT2D eigenvalue weighted by molar-refractivity contribution is 14.0. The van der Waals surface area contributed by atoms with E-state index in [9.17, 15) is 0 Å². The highest BCUT2D eigenvalue weighted by Gasteiger charge is 2.30. The van der Waals surface area contributed by atoms with Crippen molar-refractivity contribution >= 4 is 29.9 Å². The summed E-state index contributed by atoms with van der Waals surface area (Å²) in [5, 5.41) is 6.75. The van der Waals surface area contributed by atoms with E-state index in [1.165, 1.54) is 18.4 Å². The maximum absolute atomic E-state index is 5.31. The second-order valence-electron chi connectivity index (χ2n) is 7.09. The van der Waals surface area contributed by atoms with Crippen molar-refractivity contribution in [3.05, 3.63) is 29.8 Å². The molecule has 1 saturated heterocycles. The van der Waals surface area contributed by atoms with Gasteiger partial charge in [0.1, 0.15) is 5.75 Å². The smallest absolute Gasteiger partial charge is 0.191 e. The Bertz CT molecular complexity index is 568. The highest BCUT2D eigenvalue weighted by atomic mass is 127. The quantitative estimate of drug-likeness (QED) is 0.234. The van der Waals surface area contributed by atoms with Crippen LogP contribution in [0, 0.1) is 5.92 Å². The van der Waals surface area contributed by atoms with E-state index in [1.54, 1.807) is 14.2 Å². The van der Waals surface area contributed by atoms with Crippen LogP contribution in [0.1, 0.15) is 37.8 Å². The Hall–Kier alpha value is -1.06. The van der Waals surface area contributed by atoms with E-state index in [4.69, 9.17) is 14.5 Å². The number of methoxy groups -OCH3 is 2. The topological polar surface area (TPSA) is 58.1 Å². The Kier molecular flexibility index (Phi) is 12.5. The van der Waals surface area contributed by atoms with Crippen LogP contribution in [0.2, 0.25) is 0 Å². The lowest BCUT2D eigenvalue weighted by Gasteiger charge is -2.39. The minimum absolute atomic E-state index is 0. The number of rotatable bonds is 9. The average Bonchev–Trinajstić information content (AvgIpc) is 2.69. The minimum Gasteiger partial charge on any atom is -0.497 e. The molecule has 2 N–H and O–H groups in total. The van der Waals surface area contributed by atoms with Crippen LogP contribution in [0.25, 0.3) is 0 Å². The van der Waals surface area contributed by atoms with Crippen LogP contribution in [0.3, 0.4) is 0 Å². The molecule has 1 aromatic carbocycles. The van der Waals surface area contributed by atoms with E-state index in [2.05, 4.69) is 53.8 Å². The zero-order valence-electron chi connectivity index (χ0n) is 17.7. The Morgan fingerprint density at radius 1 is 1.21 bits per heavy atom. The molecular weight excluding hydrogens is 467 g/mol. The molecule has 160 valence electrons. The molecule has 28 heavy (non-hydrogen) atoms. The normalized spacial score (nSPS) is 20.4. The van der Waals surface area contributed by atoms with Crippen molar-refractivity contribution in [1.82, 2.24) is 15.5 Å². The largest absolute Gasteiger partial charge is 0.497 e. The van der Waals surface area contributed by atoms with Crippen molar-refractivity contribution < 1.29 is 9.47 Å². The SMILES string of the molecule is CCNC(=NCC1CCCN(C)C1c1ccc(OC)cc1)NCCCOC.I. The summed E-state index contributed by atoms with van der Waals surface area (Å²) in [6.07, 6.45) is 3.40. The van der Waals surface area contributed by atoms with Crippen LogP contribution in [-0.4, -0.2) is 64.9 Å². The lowest BCUT2D eigenvalue weighted by atomic mass is 9.85. The van der Waals surface area contributed by atoms with Gasteiger partial charge in [-0.05, 0) is 63.4 Å². The molecule has 1 aliphatic heterocycles. The third-order valence-electron chi connectivity index (χ3n) is 5.11. The van der Waals surface area contributed by atoms with Gasteiger partial charge in [0.05, 0.1) is 7.11 Å². The first-order valence-electron chi connectivity index (χ1n) is 10.0. The lowest BCUT2D eigenvalue weighted by molar-refractivity contribution is 0.125. The number of nitrogens with one attached hydrogen (secondary N) is 2. The third-order valence-corrected chi connectivity index (χ3v) is 5.11. The summed E-state index contributed by atoms with van der Waals surface area (Å²) in [5.74, 6) is 2.31. The van der Waals surface area contributed by atoms with Crippen LogP contribution in [0.5, 0.6) is 5.75 Å². The van der Waals surface area contributed by atoms with E-state index in [0.29, 0.717) is 12.0 Å². The van der Waals surface area contributed by atoms with Crippen molar-refractivity contribution in [2.75, 3.05) is 54.1 Å². The van der Waals surface area contributed by atoms with Gasteiger partial charge in [-0.25, -0.2) is 0 Å². The van der Waals surface area contributed by atoms with Gasteiger partial charge >= 0.3 is 0 Å². The van der Waals surface area contributed by atoms with Gasteiger partial charge in [-0.2, -0.15) is 0 Å². The first-order chi connectivity index (χ1) is 13.2. The summed E-state index contributed by atoms with van der Waals surface area (Å²) >= 11 is 0. The number of likely N-dealkylation sites (tertiary alicyclic amines) is 1.